The van der Waals surface area contributed by atoms with E-state index in [0.29, 0.717) is 0 Å². The van der Waals surface area contributed by atoms with Crippen LogP contribution in [0.1, 0.15) is 30.0 Å². The number of rotatable bonds is 5. The van der Waals surface area contributed by atoms with Crippen LogP contribution in [0.25, 0.3) is 11.1 Å². The van der Waals surface area contributed by atoms with E-state index >= 15 is 0 Å². The van der Waals surface area contributed by atoms with Crippen LogP contribution in [0, 0.1) is 0 Å². The summed E-state index contributed by atoms with van der Waals surface area (Å²) >= 11 is 5.28. The predicted molar refractivity (Wildman–Crippen MR) is 150 cm³/mol. The van der Waals surface area contributed by atoms with Crippen LogP contribution < -0.4 is 0 Å². The molecule has 2 heteroatoms. The number of thiol groups is 1. The molecule has 166 valence electrons. The minimum Gasteiger partial charge on any atom is -0.183 e. The molecule has 0 amide bonds. The van der Waals surface area contributed by atoms with E-state index in [9.17, 15) is 0 Å². The molecule has 1 aliphatic carbocycles. The maximum atomic E-state index is 4.20. The quantitative estimate of drug-likeness (QED) is 0.295. The summed E-state index contributed by atoms with van der Waals surface area (Å²) in [6.45, 7) is 6.36. The molecule has 0 saturated carbocycles. The minimum absolute atomic E-state index is 0.339. The fourth-order valence-corrected chi connectivity index (χ4v) is 4.37. The maximum absolute atomic E-state index is 4.20. The molecule has 0 fully saturated rings. The van der Waals surface area contributed by atoms with Gasteiger partial charge in [0.1, 0.15) is 0 Å². The van der Waals surface area contributed by atoms with Gasteiger partial charge in [-0.1, -0.05) is 117 Å². The van der Waals surface area contributed by atoms with Crippen molar-refractivity contribution in [2.75, 3.05) is 18.8 Å². The van der Waals surface area contributed by atoms with Crippen molar-refractivity contribution in [1.82, 2.24) is 0 Å². The summed E-state index contributed by atoms with van der Waals surface area (Å²) in [4.78, 5) is 0. The Kier molecular flexibility index (Phi) is 10.7. The first kappa shape index (κ1) is 25.8. The highest BCUT2D eigenvalue weighted by Gasteiger charge is 2.45. The van der Waals surface area contributed by atoms with E-state index in [-0.39, 0.29) is 5.41 Å². The van der Waals surface area contributed by atoms with Crippen LogP contribution in [-0.2, 0) is 5.41 Å². The van der Waals surface area contributed by atoms with Gasteiger partial charge in [-0.05, 0) is 58.6 Å². The summed E-state index contributed by atoms with van der Waals surface area (Å²) in [5.74, 6) is 0. The highest BCUT2D eigenvalue weighted by Crippen LogP contribution is 2.56. The molecule has 1 aliphatic rings. The fourth-order valence-electron chi connectivity index (χ4n) is 4.37. The van der Waals surface area contributed by atoms with Crippen molar-refractivity contribution in [3.63, 3.8) is 0 Å². The van der Waals surface area contributed by atoms with Gasteiger partial charge < -0.3 is 0 Å². The topological polar surface area (TPSA) is 0 Å². The average Bonchev–Trinajstić information content (AvgIpc) is 3.16. The van der Waals surface area contributed by atoms with Crippen LogP contribution in [0.2, 0.25) is 0 Å². The summed E-state index contributed by atoms with van der Waals surface area (Å²) in [5.41, 5.74) is 7.42. The van der Waals surface area contributed by atoms with Crippen molar-refractivity contribution < 1.29 is 0 Å². The van der Waals surface area contributed by atoms with Crippen molar-refractivity contribution >= 4 is 24.4 Å². The third-order valence-corrected chi connectivity index (χ3v) is 5.46. The molecule has 0 bridgehead atoms. The summed E-state index contributed by atoms with van der Waals surface area (Å²) in [5, 5.41) is 0. The van der Waals surface area contributed by atoms with Crippen LogP contribution in [-0.4, -0.2) is 18.8 Å². The van der Waals surface area contributed by atoms with Crippen molar-refractivity contribution in [3.05, 3.63) is 132 Å². The molecule has 0 nitrogen and oxygen atoms in total. The predicted octanol–water partition coefficient (Wildman–Crippen LogP) is 8.61. The Morgan fingerprint density at radius 2 is 1.31 bits per heavy atom. The van der Waals surface area contributed by atoms with E-state index in [1.54, 1.807) is 18.0 Å². The smallest absolute Gasteiger partial charge is 0.0713 e. The largest absolute Gasteiger partial charge is 0.183 e. The number of fused-ring (bicyclic) bond motifs is 3. The van der Waals surface area contributed by atoms with Crippen molar-refractivity contribution in [2.45, 2.75) is 18.8 Å². The maximum Gasteiger partial charge on any atom is 0.0713 e. The molecular formula is C30H34S2. The van der Waals surface area contributed by atoms with E-state index in [2.05, 4.69) is 123 Å². The fraction of sp³-hybridized carbons (Fsp3) is 0.200. The second-order valence-electron chi connectivity index (χ2n) is 7.28. The molecule has 0 unspecified atom stereocenters. The highest BCUT2D eigenvalue weighted by molar-refractivity contribution is 7.97. The lowest BCUT2D eigenvalue weighted by molar-refractivity contribution is 0.767. The van der Waals surface area contributed by atoms with E-state index in [1.165, 1.54) is 33.4 Å². The lowest BCUT2D eigenvalue weighted by Gasteiger charge is -2.34. The molecule has 0 heterocycles. The van der Waals surface area contributed by atoms with Gasteiger partial charge in [-0.2, -0.15) is 24.4 Å². The SMILES string of the molecule is C=C/C(=C\C=C/CC)C1(c2ccccc2)c2ccccc2-c2ccccc21.CS.CSC. The standard InChI is InChI=1S/C27H24.C2H6S.CH4S/c1-3-5-7-14-21(4-2)27(22-15-8-6-9-16-22)25-19-12-10-17-23(25)24-18-11-13-20-26(24)27;1-3-2;1-2/h4-20H,2-3H2,1H3;1-2H3;2H,1H3/b7-5-,21-14+;;. The lowest BCUT2D eigenvalue weighted by Crippen LogP contribution is -2.28. The van der Waals surface area contributed by atoms with Gasteiger partial charge in [0.25, 0.3) is 0 Å². The molecule has 0 spiro atoms. The van der Waals surface area contributed by atoms with Gasteiger partial charge in [-0.15, -0.1) is 0 Å². The second kappa shape index (κ2) is 13.2. The number of thioether (sulfide) groups is 1. The normalized spacial score (nSPS) is 13.2. The van der Waals surface area contributed by atoms with Crippen LogP contribution in [0.5, 0.6) is 0 Å². The first-order valence-electron chi connectivity index (χ1n) is 10.8. The van der Waals surface area contributed by atoms with Crippen molar-refractivity contribution in [1.29, 1.82) is 0 Å². The summed E-state index contributed by atoms with van der Waals surface area (Å²) in [6.07, 6.45) is 15.4. The zero-order chi connectivity index (χ0) is 23.4. The lowest BCUT2D eigenvalue weighted by atomic mass is 9.67. The zero-order valence-electron chi connectivity index (χ0n) is 19.6. The molecule has 0 aromatic heterocycles. The molecular weight excluding hydrogens is 424 g/mol. The molecule has 32 heavy (non-hydrogen) atoms. The number of allylic oxidation sites excluding steroid dienone is 5. The number of hydrogen-bond donors (Lipinski definition) is 1. The van der Waals surface area contributed by atoms with Gasteiger partial charge in [0.05, 0.1) is 5.41 Å². The Bertz CT molecular complexity index is 1000. The molecule has 0 radical (unpaired) electrons. The van der Waals surface area contributed by atoms with Crippen LogP contribution >= 0.6 is 24.4 Å². The minimum atomic E-state index is -0.339. The monoisotopic (exact) mass is 458 g/mol. The first-order chi connectivity index (χ1) is 15.7. The molecule has 4 rings (SSSR count). The molecule has 3 aromatic carbocycles. The van der Waals surface area contributed by atoms with E-state index in [1.807, 2.05) is 18.6 Å². The average molecular weight is 459 g/mol. The Balaban J connectivity index is 0.000000671. The molecule has 0 N–H and O–H groups in total. The molecule has 0 atom stereocenters. The Labute approximate surface area is 204 Å². The zero-order valence-corrected chi connectivity index (χ0v) is 21.3. The van der Waals surface area contributed by atoms with Crippen LogP contribution in [0.4, 0.5) is 0 Å². The third-order valence-electron chi connectivity index (χ3n) is 5.46. The molecule has 3 aromatic rings. The Morgan fingerprint density at radius 1 is 0.844 bits per heavy atom. The van der Waals surface area contributed by atoms with Gasteiger partial charge in [0, 0.05) is 0 Å². The second-order valence-corrected chi connectivity index (χ2v) is 8.09. The van der Waals surface area contributed by atoms with Gasteiger partial charge in [-0.3, -0.25) is 0 Å². The van der Waals surface area contributed by atoms with Crippen molar-refractivity contribution in [3.8, 4) is 11.1 Å². The van der Waals surface area contributed by atoms with Gasteiger partial charge in [0.15, 0.2) is 0 Å². The van der Waals surface area contributed by atoms with Gasteiger partial charge in [0.2, 0.25) is 0 Å². The van der Waals surface area contributed by atoms with Crippen molar-refractivity contribution in [2.24, 2.45) is 0 Å². The van der Waals surface area contributed by atoms with Gasteiger partial charge in [-0.25, -0.2) is 0 Å². The molecule has 0 saturated heterocycles. The summed E-state index contributed by atoms with van der Waals surface area (Å²) in [6, 6.07) is 28.4. The van der Waals surface area contributed by atoms with E-state index < -0.39 is 0 Å². The number of hydrogen-bond acceptors (Lipinski definition) is 2. The molecule has 0 aliphatic heterocycles. The number of benzene rings is 3. The van der Waals surface area contributed by atoms with Gasteiger partial charge >= 0.3 is 0 Å². The highest BCUT2D eigenvalue weighted by atomic mass is 32.2. The van der Waals surface area contributed by atoms with Crippen LogP contribution in [0.15, 0.2) is 115 Å². The Hall–Kier alpha value is -2.42. The van der Waals surface area contributed by atoms with E-state index in [0.717, 1.165) is 6.42 Å². The Morgan fingerprint density at radius 3 is 1.78 bits per heavy atom. The summed E-state index contributed by atoms with van der Waals surface area (Å²) < 4.78 is 0. The third kappa shape index (κ3) is 4.98. The first-order valence-corrected chi connectivity index (χ1v) is 13.4. The van der Waals surface area contributed by atoms with E-state index in [4.69, 9.17) is 0 Å². The summed E-state index contributed by atoms with van der Waals surface area (Å²) in [7, 11) is 0. The van der Waals surface area contributed by atoms with Crippen LogP contribution in [0.3, 0.4) is 0 Å².